The number of aromatic nitrogens is 1. The average molecular weight is 298 g/mol. The minimum absolute atomic E-state index is 0.0489. The van der Waals surface area contributed by atoms with Gasteiger partial charge in [-0.15, -0.1) is 0 Å². The summed E-state index contributed by atoms with van der Waals surface area (Å²) in [5, 5.41) is 4.05. The summed E-state index contributed by atoms with van der Waals surface area (Å²) in [5.74, 6) is 1.70. The number of hydrogen-bond donors (Lipinski definition) is 0. The van der Waals surface area contributed by atoms with Crippen LogP contribution in [0.3, 0.4) is 0 Å². The molecule has 0 N–H and O–H groups in total. The molecule has 1 aliphatic carbocycles. The molecule has 5 heteroatoms. The van der Waals surface area contributed by atoms with Crippen LogP contribution in [0.25, 0.3) is 0 Å². The zero-order valence-corrected chi connectivity index (χ0v) is 12.4. The van der Waals surface area contributed by atoms with Gasteiger partial charge in [0.2, 0.25) is 0 Å². The Balaban J connectivity index is 1.62. The molecule has 4 rings (SSSR count). The molecule has 0 spiro atoms. The first-order chi connectivity index (χ1) is 10.8. The Kier molecular flexibility index (Phi) is 3.33. The number of hydrogen-bond acceptors (Lipinski definition) is 4. The van der Waals surface area contributed by atoms with Crippen LogP contribution in [0.2, 0.25) is 0 Å². The van der Waals surface area contributed by atoms with Crippen LogP contribution >= 0.6 is 0 Å². The first-order valence-electron chi connectivity index (χ1n) is 7.80. The highest BCUT2D eigenvalue weighted by Gasteiger charge is 2.28. The largest absolute Gasteiger partial charge is 0.491 e. The molecular weight excluding hydrogens is 280 g/mol. The highest BCUT2D eigenvalue weighted by molar-refractivity contribution is 5.94. The van der Waals surface area contributed by atoms with E-state index in [-0.39, 0.29) is 5.91 Å². The van der Waals surface area contributed by atoms with Crippen molar-refractivity contribution in [3.63, 3.8) is 0 Å². The van der Waals surface area contributed by atoms with Crippen molar-refractivity contribution in [1.29, 1.82) is 0 Å². The van der Waals surface area contributed by atoms with Gasteiger partial charge >= 0.3 is 0 Å². The van der Waals surface area contributed by atoms with Crippen molar-refractivity contribution in [3.8, 4) is 5.75 Å². The summed E-state index contributed by atoms with van der Waals surface area (Å²) in [5.41, 5.74) is 2.54. The normalized spacial score (nSPS) is 17.2. The molecule has 1 aromatic carbocycles. The number of ether oxygens (including phenoxy) is 1. The van der Waals surface area contributed by atoms with E-state index in [4.69, 9.17) is 9.26 Å². The van der Waals surface area contributed by atoms with Gasteiger partial charge in [-0.25, -0.2) is 0 Å². The summed E-state index contributed by atoms with van der Waals surface area (Å²) in [6.07, 6.45) is 3.99. The molecule has 2 heterocycles. The van der Waals surface area contributed by atoms with Crippen LogP contribution in [0.4, 0.5) is 0 Å². The second-order valence-corrected chi connectivity index (χ2v) is 5.82. The van der Waals surface area contributed by atoms with Gasteiger partial charge in [0.05, 0.1) is 6.54 Å². The maximum absolute atomic E-state index is 12.8. The van der Waals surface area contributed by atoms with E-state index in [1.165, 1.54) is 0 Å². The SMILES string of the molecule is O=C(c1noc2c1CCCC2)N1CCOc2ccccc2C1. The Morgan fingerprint density at radius 1 is 1.18 bits per heavy atom. The van der Waals surface area contributed by atoms with Gasteiger partial charge in [0.15, 0.2) is 5.69 Å². The molecule has 22 heavy (non-hydrogen) atoms. The number of nitrogens with zero attached hydrogens (tertiary/aromatic N) is 2. The summed E-state index contributed by atoms with van der Waals surface area (Å²) in [6.45, 7) is 1.62. The standard InChI is InChI=1S/C17H18N2O3/c20-17(16-13-6-2-4-8-15(13)22-18-16)19-9-10-21-14-7-3-1-5-12(14)11-19/h1,3,5,7H,2,4,6,8-11H2. The lowest BCUT2D eigenvalue weighted by Gasteiger charge is -2.19. The fraction of sp³-hybridized carbons (Fsp3) is 0.412. The van der Waals surface area contributed by atoms with Crippen LogP contribution in [0.5, 0.6) is 5.75 Å². The van der Waals surface area contributed by atoms with E-state index in [0.29, 0.717) is 25.4 Å². The lowest BCUT2D eigenvalue weighted by atomic mass is 9.96. The van der Waals surface area contributed by atoms with Crippen LogP contribution < -0.4 is 4.74 Å². The molecule has 2 aromatic rings. The van der Waals surface area contributed by atoms with Gasteiger partial charge in [0.25, 0.3) is 5.91 Å². The molecular formula is C17H18N2O3. The van der Waals surface area contributed by atoms with E-state index in [1.807, 2.05) is 24.3 Å². The lowest BCUT2D eigenvalue weighted by molar-refractivity contribution is 0.0722. The smallest absolute Gasteiger partial charge is 0.276 e. The van der Waals surface area contributed by atoms with Crippen molar-refractivity contribution in [1.82, 2.24) is 10.1 Å². The Bertz CT molecular complexity index is 708. The fourth-order valence-corrected chi connectivity index (χ4v) is 3.20. The molecule has 114 valence electrons. The zero-order chi connectivity index (χ0) is 14.9. The predicted octanol–water partition coefficient (Wildman–Crippen LogP) is 2.59. The number of rotatable bonds is 1. The molecule has 0 bridgehead atoms. The van der Waals surface area contributed by atoms with Crippen LogP contribution in [0.1, 0.15) is 40.2 Å². The maximum atomic E-state index is 12.8. The van der Waals surface area contributed by atoms with Crippen molar-refractivity contribution in [2.45, 2.75) is 32.2 Å². The highest BCUT2D eigenvalue weighted by atomic mass is 16.5. The third-order valence-corrected chi connectivity index (χ3v) is 4.39. The first-order valence-corrected chi connectivity index (χ1v) is 7.80. The Morgan fingerprint density at radius 3 is 3.00 bits per heavy atom. The second kappa shape index (κ2) is 5.48. The monoisotopic (exact) mass is 298 g/mol. The first kappa shape index (κ1) is 13.4. The van der Waals surface area contributed by atoms with Crippen LogP contribution in [0.15, 0.2) is 28.8 Å². The number of amides is 1. The van der Waals surface area contributed by atoms with Gasteiger partial charge < -0.3 is 14.2 Å². The summed E-state index contributed by atoms with van der Waals surface area (Å²) < 4.78 is 11.1. The number of carbonyl (C=O) groups is 1. The number of aryl methyl sites for hydroxylation is 1. The van der Waals surface area contributed by atoms with Gasteiger partial charge in [-0.2, -0.15) is 0 Å². The highest BCUT2D eigenvalue weighted by Crippen LogP contribution is 2.27. The van der Waals surface area contributed by atoms with E-state index in [0.717, 1.165) is 48.3 Å². The van der Waals surface area contributed by atoms with Crippen LogP contribution in [-0.2, 0) is 19.4 Å². The number of benzene rings is 1. The minimum atomic E-state index is -0.0489. The fourth-order valence-electron chi connectivity index (χ4n) is 3.20. The van der Waals surface area contributed by atoms with E-state index >= 15 is 0 Å². The van der Waals surface area contributed by atoms with E-state index in [9.17, 15) is 4.79 Å². The number of para-hydroxylation sites is 1. The molecule has 0 saturated carbocycles. The topological polar surface area (TPSA) is 55.6 Å². The van der Waals surface area contributed by atoms with Crippen LogP contribution in [0, 0.1) is 0 Å². The van der Waals surface area contributed by atoms with Gasteiger partial charge in [-0.3, -0.25) is 4.79 Å². The van der Waals surface area contributed by atoms with Gasteiger partial charge in [0.1, 0.15) is 18.1 Å². The third kappa shape index (κ3) is 2.26. The van der Waals surface area contributed by atoms with Crippen LogP contribution in [-0.4, -0.2) is 29.1 Å². The minimum Gasteiger partial charge on any atom is -0.491 e. The van der Waals surface area contributed by atoms with E-state index in [1.54, 1.807) is 4.90 Å². The summed E-state index contributed by atoms with van der Waals surface area (Å²) in [6, 6.07) is 7.86. The third-order valence-electron chi connectivity index (χ3n) is 4.39. The lowest BCUT2D eigenvalue weighted by Crippen LogP contribution is -2.33. The second-order valence-electron chi connectivity index (χ2n) is 5.82. The Labute approximate surface area is 128 Å². The van der Waals surface area contributed by atoms with Crippen molar-refractivity contribution >= 4 is 5.91 Å². The number of carbonyl (C=O) groups excluding carboxylic acids is 1. The summed E-state index contributed by atoms with van der Waals surface area (Å²) >= 11 is 0. The molecule has 0 saturated heterocycles. The van der Waals surface area contributed by atoms with Gasteiger partial charge in [0, 0.05) is 24.1 Å². The molecule has 0 unspecified atom stereocenters. The van der Waals surface area contributed by atoms with E-state index < -0.39 is 0 Å². The maximum Gasteiger partial charge on any atom is 0.276 e. The quantitative estimate of drug-likeness (QED) is 0.812. The predicted molar refractivity (Wildman–Crippen MR) is 79.8 cm³/mol. The summed E-state index contributed by atoms with van der Waals surface area (Å²) in [4.78, 5) is 14.6. The molecule has 0 atom stereocenters. The molecule has 0 fully saturated rings. The molecule has 1 amide bonds. The van der Waals surface area contributed by atoms with E-state index in [2.05, 4.69) is 5.16 Å². The zero-order valence-electron chi connectivity index (χ0n) is 12.4. The average Bonchev–Trinajstić information content (AvgIpc) is 2.86. The number of fused-ring (bicyclic) bond motifs is 2. The molecule has 0 radical (unpaired) electrons. The van der Waals surface area contributed by atoms with Crippen molar-refractivity contribution in [2.75, 3.05) is 13.2 Å². The Morgan fingerprint density at radius 2 is 2.05 bits per heavy atom. The molecule has 1 aliphatic heterocycles. The summed E-state index contributed by atoms with van der Waals surface area (Å²) in [7, 11) is 0. The van der Waals surface area contributed by atoms with Crippen molar-refractivity contribution in [2.24, 2.45) is 0 Å². The van der Waals surface area contributed by atoms with Gasteiger partial charge in [-0.05, 0) is 25.3 Å². The van der Waals surface area contributed by atoms with Crippen molar-refractivity contribution < 1.29 is 14.1 Å². The Hall–Kier alpha value is -2.30. The molecule has 1 aromatic heterocycles. The molecule has 2 aliphatic rings. The van der Waals surface area contributed by atoms with Crippen molar-refractivity contribution in [3.05, 3.63) is 46.8 Å². The molecule has 5 nitrogen and oxygen atoms in total. The van der Waals surface area contributed by atoms with Gasteiger partial charge in [-0.1, -0.05) is 23.4 Å².